The molecule has 1 aromatic rings. The quantitative estimate of drug-likeness (QED) is 0.588. The van der Waals surface area contributed by atoms with Gasteiger partial charge in [-0.25, -0.2) is 0 Å². The SMILES string of the molecule is CCOC(CSc1ccc(NC(C)=O)cc1)OCC. The summed E-state index contributed by atoms with van der Waals surface area (Å²) in [5.41, 5.74) is 0.808. The zero-order chi connectivity index (χ0) is 14.1. The fourth-order valence-electron chi connectivity index (χ4n) is 1.52. The van der Waals surface area contributed by atoms with Crippen molar-refractivity contribution >= 4 is 23.4 Å². The van der Waals surface area contributed by atoms with E-state index in [1.165, 1.54) is 6.92 Å². The van der Waals surface area contributed by atoms with Crippen molar-refractivity contribution in [3.05, 3.63) is 24.3 Å². The topological polar surface area (TPSA) is 47.6 Å². The van der Waals surface area contributed by atoms with Crippen molar-refractivity contribution < 1.29 is 14.3 Å². The predicted molar refractivity (Wildman–Crippen MR) is 78.5 cm³/mol. The number of anilines is 1. The molecule has 0 saturated carbocycles. The summed E-state index contributed by atoms with van der Waals surface area (Å²) >= 11 is 1.67. The first kappa shape index (κ1) is 16.0. The minimum atomic E-state index is -0.171. The average molecular weight is 283 g/mol. The number of hydrogen-bond donors (Lipinski definition) is 1. The van der Waals surface area contributed by atoms with Gasteiger partial charge in [-0.3, -0.25) is 4.79 Å². The maximum absolute atomic E-state index is 10.9. The molecule has 0 fully saturated rings. The summed E-state index contributed by atoms with van der Waals surface area (Å²) in [6.45, 7) is 6.70. The molecule has 1 N–H and O–H groups in total. The fourth-order valence-corrected chi connectivity index (χ4v) is 2.37. The zero-order valence-electron chi connectivity index (χ0n) is 11.6. The molecule has 1 aromatic carbocycles. The van der Waals surface area contributed by atoms with Gasteiger partial charge in [-0.1, -0.05) is 0 Å². The molecule has 0 heterocycles. The number of carbonyl (C=O) groups is 1. The van der Waals surface area contributed by atoms with E-state index >= 15 is 0 Å². The van der Waals surface area contributed by atoms with Gasteiger partial charge in [-0.15, -0.1) is 11.8 Å². The molecule has 0 aliphatic carbocycles. The lowest BCUT2D eigenvalue weighted by Crippen LogP contribution is -2.19. The van der Waals surface area contributed by atoms with Crippen molar-refractivity contribution in [1.82, 2.24) is 0 Å². The first-order valence-corrected chi connectivity index (χ1v) is 7.38. The Bertz CT molecular complexity index is 375. The van der Waals surface area contributed by atoms with E-state index in [1.807, 2.05) is 38.1 Å². The monoisotopic (exact) mass is 283 g/mol. The number of amides is 1. The van der Waals surface area contributed by atoms with Gasteiger partial charge in [-0.2, -0.15) is 0 Å². The summed E-state index contributed by atoms with van der Waals surface area (Å²) in [6, 6.07) is 7.73. The van der Waals surface area contributed by atoms with Crippen molar-refractivity contribution in [3.8, 4) is 0 Å². The number of nitrogens with one attached hydrogen (secondary N) is 1. The highest BCUT2D eigenvalue weighted by Gasteiger charge is 2.08. The molecule has 106 valence electrons. The van der Waals surface area contributed by atoms with Gasteiger partial charge < -0.3 is 14.8 Å². The van der Waals surface area contributed by atoms with Crippen LogP contribution in [0.15, 0.2) is 29.2 Å². The van der Waals surface area contributed by atoms with Gasteiger partial charge in [0.25, 0.3) is 0 Å². The summed E-state index contributed by atoms with van der Waals surface area (Å²) in [5.74, 6) is 0.689. The van der Waals surface area contributed by atoms with Crippen LogP contribution in [-0.2, 0) is 14.3 Å². The lowest BCUT2D eigenvalue weighted by atomic mass is 10.3. The molecule has 0 unspecified atom stereocenters. The van der Waals surface area contributed by atoms with Crippen LogP contribution < -0.4 is 5.32 Å². The third-order valence-electron chi connectivity index (χ3n) is 2.27. The average Bonchev–Trinajstić information content (AvgIpc) is 2.37. The highest BCUT2D eigenvalue weighted by molar-refractivity contribution is 7.99. The lowest BCUT2D eigenvalue weighted by Gasteiger charge is -2.16. The van der Waals surface area contributed by atoms with E-state index in [0.717, 1.165) is 16.3 Å². The number of thioether (sulfide) groups is 1. The van der Waals surface area contributed by atoms with Crippen LogP contribution in [0.5, 0.6) is 0 Å². The van der Waals surface area contributed by atoms with E-state index in [9.17, 15) is 4.79 Å². The van der Waals surface area contributed by atoms with E-state index in [-0.39, 0.29) is 12.2 Å². The highest BCUT2D eigenvalue weighted by Crippen LogP contribution is 2.22. The maximum Gasteiger partial charge on any atom is 0.221 e. The molecule has 4 nitrogen and oxygen atoms in total. The van der Waals surface area contributed by atoms with E-state index in [4.69, 9.17) is 9.47 Å². The number of rotatable bonds is 8. The first-order valence-electron chi connectivity index (χ1n) is 6.39. The van der Waals surface area contributed by atoms with Crippen LogP contribution in [0.2, 0.25) is 0 Å². The summed E-state index contributed by atoms with van der Waals surface area (Å²) in [5, 5.41) is 2.74. The normalized spacial score (nSPS) is 10.7. The Balaban J connectivity index is 2.45. The number of benzene rings is 1. The van der Waals surface area contributed by atoms with Crippen LogP contribution in [-0.4, -0.2) is 31.2 Å². The predicted octanol–water partition coefficient (Wildman–Crippen LogP) is 3.14. The molecule has 1 amide bonds. The van der Waals surface area contributed by atoms with Crippen molar-refractivity contribution in [1.29, 1.82) is 0 Å². The third kappa shape index (κ3) is 6.61. The van der Waals surface area contributed by atoms with Gasteiger partial charge in [0.15, 0.2) is 6.29 Å². The second-order valence-corrected chi connectivity index (χ2v) is 4.95. The summed E-state index contributed by atoms with van der Waals surface area (Å²) < 4.78 is 11.0. The van der Waals surface area contributed by atoms with Gasteiger partial charge >= 0.3 is 0 Å². The minimum absolute atomic E-state index is 0.0619. The number of carbonyl (C=O) groups excluding carboxylic acids is 1. The van der Waals surface area contributed by atoms with Gasteiger partial charge in [0.05, 0.1) is 0 Å². The second kappa shape index (κ2) is 8.96. The maximum atomic E-state index is 10.9. The molecule has 1 rings (SSSR count). The molecule has 0 atom stereocenters. The van der Waals surface area contributed by atoms with Crippen molar-refractivity contribution in [2.24, 2.45) is 0 Å². The Hall–Kier alpha value is -1.04. The lowest BCUT2D eigenvalue weighted by molar-refractivity contribution is -0.120. The Labute approximate surface area is 118 Å². The Morgan fingerprint density at radius 2 is 1.79 bits per heavy atom. The zero-order valence-corrected chi connectivity index (χ0v) is 12.5. The summed E-state index contributed by atoms with van der Waals surface area (Å²) in [4.78, 5) is 12.0. The molecular formula is C14H21NO3S. The Kier molecular flexibility index (Phi) is 7.55. The summed E-state index contributed by atoms with van der Waals surface area (Å²) in [7, 11) is 0. The molecule has 0 radical (unpaired) electrons. The van der Waals surface area contributed by atoms with Crippen molar-refractivity contribution in [3.63, 3.8) is 0 Å². The molecule has 19 heavy (non-hydrogen) atoms. The molecule has 0 aromatic heterocycles. The first-order chi connectivity index (χ1) is 9.15. The van der Waals surface area contributed by atoms with Gasteiger partial charge in [0, 0.05) is 36.5 Å². The van der Waals surface area contributed by atoms with Crippen LogP contribution in [0, 0.1) is 0 Å². The Morgan fingerprint density at radius 1 is 1.21 bits per heavy atom. The van der Waals surface area contributed by atoms with Crippen molar-refractivity contribution in [2.75, 3.05) is 24.3 Å². The Morgan fingerprint density at radius 3 is 2.26 bits per heavy atom. The standard InChI is InChI=1S/C14H21NO3S/c1-4-17-14(18-5-2)10-19-13-8-6-12(7-9-13)15-11(3)16/h6-9,14H,4-5,10H2,1-3H3,(H,15,16). The minimum Gasteiger partial charge on any atom is -0.352 e. The summed E-state index contributed by atoms with van der Waals surface area (Å²) in [6.07, 6.45) is -0.171. The van der Waals surface area contributed by atoms with E-state index in [0.29, 0.717) is 13.2 Å². The van der Waals surface area contributed by atoms with Crippen LogP contribution in [0.1, 0.15) is 20.8 Å². The smallest absolute Gasteiger partial charge is 0.221 e. The van der Waals surface area contributed by atoms with Crippen LogP contribution in [0.4, 0.5) is 5.69 Å². The van der Waals surface area contributed by atoms with E-state index < -0.39 is 0 Å². The largest absolute Gasteiger partial charge is 0.352 e. The molecular weight excluding hydrogens is 262 g/mol. The number of ether oxygens (including phenoxy) is 2. The molecule has 0 aliphatic heterocycles. The molecule has 0 spiro atoms. The molecule has 5 heteroatoms. The van der Waals surface area contributed by atoms with Gasteiger partial charge in [0.2, 0.25) is 5.91 Å². The second-order valence-electron chi connectivity index (χ2n) is 3.86. The molecule has 0 aliphatic rings. The van der Waals surface area contributed by atoms with E-state index in [1.54, 1.807) is 11.8 Å². The third-order valence-corrected chi connectivity index (χ3v) is 3.31. The van der Waals surface area contributed by atoms with Crippen LogP contribution in [0.3, 0.4) is 0 Å². The van der Waals surface area contributed by atoms with Crippen LogP contribution in [0.25, 0.3) is 0 Å². The number of hydrogen-bond acceptors (Lipinski definition) is 4. The van der Waals surface area contributed by atoms with Gasteiger partial charge in [0.1, 0.15) is 0 Å². The molecule has 0 bridgehead atoms. The van der Waals surface area contributed by atoms with E-state index in [2.05, 4.69) is 5.32 Å². The van der Waals surface area contributed by atoms with Crippen LogP contribution >= 0.6 is 11.8 Å². The fraction of sp³-hybridized carbons (Fsp3) is 0.500. The molecule has 0 saturated heterocycles. The highest BCUT2D eigenvalue weighted by atomic mass is 32.2. The van der Waals surface area contributed by atoms with Crippen molar-refractivity contribution in [2.45, 2.75) is 32.0 Å². The van der Waals surface area contributed by atoms with Gasteiger partial charge in [-0.05, 0) is 38.1 Å².